The average Bonchev–Trinajstić information content (AvgIpc) is 3.15. The third-order valence-corrected chi connectivity index (χ3v) is 4.94. The van der Waals surface area contributed by atoms with Gasteiger partial charge in [0.1, 0.15) is 6.61 Å². The summed E-state index contributed by atoms with van der Waals surface area (Å²) in [6.45, 7) is 1.86. The Bertz CT molecular complexity index is 893. The van der Waals surface area contributed by atoms with Crippen LogP contribution in [-0.2, 0) is 14.3 Å². The van der Waals surface area contributed by atoms with Crippen molar-refractivity contribution in [2.45, 2.75) is 12.8 Å². The number of morpholine rings is 1. The highest BCUT2D eigenvalue weighted by molar-refractivity contribution is 6.05. The van der Waals surface area contributed by atoms with E-state index in [1.54, 1.807) is 58.3 Å². The fourth-order valence-electron chi connectivity index (χ4n) is 3.43. The number of nitrogens with zero attached hydrogens (tertiary/aromatic N) is 2. The van der Waals surface area contributed by atoms with Crippen LogP contribution in [0.2, 0.25) is 0 Å². The molecule has 0 saturated carbocycles. The van der Waals surface area contributed by atoms with E-state index in [9.17, 15) is 14.4 Å². The predicted molar refractivity (Wildman–Crippen MR) is 106 cm³/mol. The van der Waals surface area contributed by atoms with Crippen LogP contribution in [-0.4, -0.2) is 44.0 Å². The molecule has 0 aromatic heterocycles. The minimum atomic E-state index is -0.227. The van der Waals surface area contributed by atoms with Gasteiger partial charge in [-0.1, -0.05) is 0 Å². The number of hydrogen-bond acceptors (Lipinski definition) is 4. The molecule has 4 rings (SSSR count). The Kier molecular flexibility index (Phi) is 5.08. The van der Waals surface area contributed by atoms with Crippen molar-refractivity contribution in [1.82, 2.24) is 0 Å². The second-order valence-corrected chi connectivity index (χ2v) is 6.79. The molecule has 2 aromatic rings. The van der Waals surface area contributed by atoms with E-state index in [2.05, 4.69) is 5.32 Å². The highest BCUT2D eigenvalue weighted by Gasteiger charge is 2.22. The number of ether oxygens (including phenoxy) is 1. The lowest BCUT2D eigenvalue weighted by molar-refractivity contribution is -0.125. The lowest BCUT2D eigenvalue weighted by Gasteiger charge is -2.26. The van der Waals surface area contributed by atoms with Crippen molar-refractivity contribution in [2.24, 2.45) is 0 Å². The Balaban J connectivity index is 1.40. The fourth-order valence-corrected chi connectivity index (χ4v) is 3.43. The minimum absolute atomic E-state index is 0.0698. The fraction of sp³-hybridized carbons (Fsp3) is 0.286. The topological polar surface area (TPSA) is 79.0 Å². The van der Waals surface area contributed by atoms with E-state index in [4.69, 9.17) is 4.74 Å². The molecule has 0 spiro atoms. The van der Waals surface area contributed by atoms with Crippen LogP contribution in [0.15, 0.2) is 48.5 Å². The monoisotopic (exact) mass is 379 g/mol. The van der Waals surface area contributed by atoms with E-state index in [0.29, 0.717) is 30.8 Å². The van der Waals surface area contributed by atoms with Crippen LogP contribution >= 0.6 is 0 Å². The summed E-state index contributed by atoms with van der Waals surface area (Å²) in [5.41, 5.74) is 2.76. The molecule has 2 aliphatic heterocycles. The second-order valence-electron chi connectivity index (χ2n) is 6.79. The smallest absolute Gasteiger partial charge is 0.255 e. The number of anilines is 3. The molecule has 0 unspecified atom stereocenters. The average molecular weight is 379 g/mol. The van der Waals surface area contributed by atoms with Crippen LogP contribution in [0.3, 0.4) is 0 Å². The van der Waals surface area contributed by atoms with Crippen molar-refractivity contribution >= 4 is 34.8 Å². The van der Waals surface area contributed by atoms with Crippen molar-refractivity contribution in [2.75, 3.05) is 41.4 Å². The standard InChI is InChI=1S/C21H21N3O4/c25-19-2-1-11-23(19)17-7-3-15(4-8-17)21(27)22-16-5-9-18(10-6-16)24-12-13-28-14-20(24)26/h3-10H,1-2,11-14H2,(H,22,27). The summed E-state index contributed by atoms with van der Waals surface area (Å²) < 4.78 is 5.14. The molecule has 2 saturated heterocycles. The molecular weight excluding hydrogens is 358 g/mol. The van der Waals surface area contributed by atoms with Crippen LogP contribution < -0.4 is 15.1 Å². The van der Waals surface area contributed by atoms with Crippen molar-refractivity contribution in [3.63, 3.8) is 0 Å². The molecule has 7 heteroatoms. The lowest BCUT2D eigenvalue weighted by atomic mass is 10.1. The first-order chi connectivity index (χ1) is 13.6. The van der Waals surface area contributed by atoms with Gasteiger partial charge in [-0.05, 0) is 55.0 Å². The Labute approximate surface area is 162 Å². The first-order valence-electron chi connectivity index (χ1n) is 9.32. The lowest BCUT2D eigenvalue weighted by Crippen LogP contribution is -2.41. The van der Waals surface area contributed by atoms with Gasteiger partial charge < -0.3 is 19.9 Å². The largest absolute Gasteiger partial charge is 0.370 e. The third kappa shape index (κ3) is 3.75. The zero-order valence-corrected chi connectivity index (χ0v) is 15.4. The second kappa shape index (κ2) is 7.82. The summed E-state index contributed by atoms with van der Waals surface area (Å²) in [7, 11) is 0. The molecule has 28 heavy (non-hydrogen) atoms. The maximum absolute atomic E-state index is 12.5. The molecule has 2 fully saturated rings. The number of amides is 3. The first-order valence-corrected chi connectivity index (χ1v) is 9.32. The van der Waals surface area contributed by atoms with Gasteiger partial charge >= 0.3 is 0 Å². The van der Waals surface area contributed by atoms with Gasteiger partial charge in [0.15, 0.2) is 0 Å². The summed E-state index contributed by atoms with van der Waals surface area (Å²) in [5, 5.41) is 2.85. The van der Waals surface area contributed by atoms with Gasteiger partial charge in [-0.2, -0.15) is 0 Å². The molecule has 7 nitrogen and oxygen atoms in total. The minimum Gasteiger partial charge on any atom is -0.370 e. The van der Waals surface area contributed by atoms with Gasteiger partial charge in [-0.25, -0.2) is 0 Å². The van der Waals surface area contributed by atoms with Crippen molar-refractivity contribution in [3.05, 3.63) is 54.1 Å². The van der Waals surface area contributed by atoms with Gasteiger partial charge in [0.05, 0.1) is 6.61 Å². The van der Waals surface area contributed by atoms with Gasteiger partial charge in [-0.3, -0.25) is 14.4 Å². The van der Waals surface area contributed by atoms with Crippen LogP contribution in [0.1, 0.15) is 23.2 Å². The van der Waals surface area contributed by atoms with Crippen molar-refractivity contribution in [1.29, 1.82) is 0 Å². The van der Waals surface area contributed by atoms with Crippen molar-refractivity contribution in [3.8, 4) is 0 Å². The molecule has 2 aromatic carbocycles. The predicted octanol–water partition coefficient (Wildman–Crippen LogP) is 2.43. The molecule has 0 bridgehead atoms. The van der Waals surface area contributed by atoms with Gasteiger partial charge in [-0.15, -0.1) is 0 Å². The quantitative estimate of drug-likeness (QED) is 0.885. The van der Waals surface area contributed by atoms with Crippen LogP contribution in [0.4, 0.5) is 17.1 Å². The molecule has 144 valence electrons. The molecule has 1 N–H and O–H groups in total. The molecule has 0 radical (unpaired) electrons. The van der Waals surface area contributed by atoms with E-state index in [0.717, 1.165) is 24.3 Å². The Morgan fingerprint density at radius 2 is 1.50 bits per heavy atom. The highest BCUT2D eigenvalue weighted by atomic mass is 16.5. The summed E-state index contributed by atoms with van der Waals surface area (Å²) in [6, 6.07) is 14.2. The van der Waals surface area contributed by atoms with E-state index in [-0.39, 0.29) is 24.3 Å². The zero-order valence-electron chi connectivity index (χ0n) is 15.4. The van der Waals surface area contributed by atoms with Gasteiger partial charge in [0.25, 0.3) is 11.8 Å². The molecule has 2 heterocycles. The number of benzene rings is 2. The van der Waals surface area contributed by atoms with E-state index < -0.39 is 0 Å². The number of carbonyl (C=O) groups excluding carboxylic acids is 3. The maximum Gasteiger partial charge on any atom is 0.255 e. The summed E-state index contributed by atoms with van der Waals surface area (Å²) in [5.74, 6) is -0.176. The molecule has 0 atom stereocenters. The van der Waals surface area contributed by atoms with Gasteiger partial charge in [0.2, 0.25) is 5.91 Å². The zero-order chi connectivity index (χ0) is 19.5. The van der Waals surface area contributed by atoms with E-state index in [1.165, 1.54) is 0 Å². The molecular formula is C21H21N3O4. The number of hydrogen-bond donors (Lipinski definition) is 1. The maximum atomic E-state index is 12.5. The van der Waals surface area contributed by atoms with Crippen LogP contribution in [0.5, 0.6) is 0 Å². The van der Waals surface area contributed by atoms with Crippen molar-refractivity contribution < 1.29 is 19.1 Å². The number of nitrogens with one attached hydrogen (secondary N) is 1. The normalized spacial score (nSPS) is 17.1. The first kappa shape index (κ1) is 18.2. The number of rotatable bonds is 4. The summed E-state index contributed by atoms with van der Waals surface area (Å²) in [6.07, 6.45) is 1.45. The Morgan fingerprint density at radius 3 is 2.11 bits per heavy atom. The highest BCUT2D eigenvalue weighted by Crippen LogP contribution is 2.23. The molecule has 0 aliphatic carbocycles. The summed E-state index contributed by atoms with van der Waals surface area (Å²) in [4.78, 5) is 39.6. The summed E-state index contributed by atoms with van der Waals surface area (Å²) >= 11 is 0. The third-order valence-electron chi connectivity index (χ3n) is 4.94. The Morgan fingerprint density at radius 1 is 0.857 bits per heavy atom. The SMILES string of the molecule is O=C(Nc1ccc(N2CCOCC2=O)cc1)c1ccc(N2CCCC2=O)cc1. The number of carbonyl (C=O) groups is 3. The van der Waals surface area contributed by atoms with Crippen LogP contribution in [0.25, 0.3) is 0 Å². The molecule has 2 aliphatic rings. The Hall–Kier alpha value is -3.19. The van der Waals surface area contributed by atoms with E-state index in [1.807, 2.05) is 0 Å². The van der Waals surface area contributed by atoms with Crippen LogP contribution in [0, 0.1) is 0 Å². The van der Waals surface area contributed by atoms with Gasteiger partial charge in [0, 0.05) is 42.1 Å². The molecule has 3 amide bonds. The van der Waals surface area contributed by atoms with E-state index >= 15 is 0 Å².